The van der Waals surface area contributed by atoms with Crippen molar-refractivity contribution in [2.75, 3.05) is 0 Å². The summed E-state index contributed by atoms with van der Waals surface area (Å²) in [6.45, 7) is 7.51. The summed E-state index contributed by atoms with van der Waals surface area (Å²) in [5, 5.41) is 0. The third kappa shape index (κ3) is 3.48. The minimum Gasteiger partial charge on any atom is -0.193 e. The van der Waals surface area contributed by atoms with Gasteiger partial charge in [0.2, 0.25) is 0 Å². The molecule has 4 heteroatoms. The van der Waals surface area contributed by atoms with Gasteiger partial charge in [-0.05, 0) is 11.8 Å². The Morgan fingerprint density at radius 2 is 1.09 bits per heavy atom. The first-order valence-corrected chi connectivity index (χ1v) is 5.55. The first kappa shape index (κ1) is 11.3. The van der Waals surface area contributed by atoms with Gasteiger partial charge in [-0.2, -0.15) is 14.7 Å². The topological polar surface area (TPSA) is 60.7 Å². The van der Waals surface area contributed by atoms with Crippen LogP contribution in [0.3, 0.4) is 0 Å². The highest BCUT2D eigenvalue weighted by Crippen LogP contribution is 2.55. The Hall–Kier alpha value is 0.310. The molecule has 0 aliphatic heterocycles. The second kappa shape index (κ2) is 3.81. The first-order valence-electron chi connectivity index (χ1n) is 3.83. The predicted molar refractivity (Wildman–Crippen MR) is 47.0 cm³/mol. The molecule has 0 saturated heterocycles. The SMILES string of the molecule is CC(C)C(C(C)C)[P+](O)(O)O. The van der Waals surface area contributed by atoms with E-state index in [1.807, 2.05) is 27.7 Å². The molecular weight excluding hydrogens is 163 g/mol. The molecule has 0 aliphatic rings. The molecule has 11 heavy (non-hydrogen) atoms. The Morgan fingerprint density at radius 1 is 0.818 bits per heavy atom. The van der Waals surface area contributed by atoms with Crippen LogP contribution in [0.4, 0.5) is 0 Å². The van der Waals surface area contributed by atoms with Crippen molar-refractivity contribution < 1.29 is 14.7 Å². The highest BCUT2D eigenvalue weighted by Gasteiger charge is 2.46. The highest BCUT2D eigenvalue weighted by molar-refractivity contribution is 7.59. The lowest BCUT2D eigenvalue weighted by Crippen LogP contribution is -2.25. The monoisotopic (exact) mass is 181 g/mol. The molecule has 0 spiro atoms. The lowest BCUT2D eigenvalue weighted by molar-refractivity contribution is 0.279. The third-order valence-electron chi connectivity index (χ3n) is 1.77. The molecule has 0 aromatic carbocycles. The zero-order chi connectivity index (χ0) is 9.23. The summed E-state index contributed by atoms with van der Waals surface area (Å²) in [4.78, 5) is 27.1. The van der Waals surface area contributed by atoms with Crippen molar-refractivity contribution in [2.45, 2.75) is 33.4 Å². The normalized spacial score (nSPS) is 13.6. The van der Waals surface area contributed by atoms with E-state index >= 15 is 0 Å². The predicted octanol–water partition coefficient (Wildman–Crippen LogP) is 1.41. The fraction of sp³-hybridized carbons (Fsp3) is 1.00. The van der Waals surface area contributed by atoms with Crippen LogP contribution in [0.25, 0.3) is 0 Å². The van der Waals surface area contributed by atoms with Crippen molar-refractivity contribution >= 4 is 7.94 Å². The Labute approximate surface area is 68.7 Å². The minimum atomic E-state index is -3.64. The van der Waals surface area contributed by atoms with E-state index in [0.717, 1.165) is 0 Å². The Kier molecular flexibility index (Phi) is 3.92. The van der Waals surface area contributed by atoms with Crippen molar-refractivity contribution in [3.05, 3.63) is 0 Å². The van der Waals surface area contributed by atoms with E-state index in [1.165, 1.54) is 0 Å². The molecule has 0 amide bonds. The molecule has 0 radical (unpaired) electrons. The van der Waals surface area contributed by atoms with Gasteiger partial charge in [-0.3, -0.25) is 0 Å². The second-order valence-electron chi connectivity index (χ2n) is 3.59. The molecule has 0 bridgehead atoms. The molecular formula is C7H18O3P+. The van der Waals surface area contributed by atoms with Crippen molar-refractivity contribution in [1.82, 2.24) is 0 Å². The van der Waals surface area contributed by atoms with Gasteiger partial charge in [-0.15, -0.1) is 0 Å². The van der Waals surface area contributed by atoms with Gasteiger partial charge in [0.25, 0.3) is 0 Å². The van der Waals surface area contributed by atoms with Crippen LogP contribution in [0.15, 0.2) is 0 Å². The van der Waals surface area contributed by atoms with Gasteiger partial charge in [-0.25, -0.2) is 0 Å². The maximum atomic E-state index is 9.04. The van der Waals surface area contributed by atoms with Crippen LogP contribution < -0.4 is 0 Å². The second-order valence-corrected chi connectivity index (χ2v) is 5.42. The van der Waals surface area contributed by atoms with Gasteiger partial charge in [0, 0.05) is 0 Å². The van der Waals surface area contributed by atoms with E-state index in [2.05, 4.69) is 0 Å². The molecule has 0 unspecified atom stereocenters. The summed E-state index contributed by atoms with van der Waals surface area (Å²) in [6, 6.07) is 0. The summed E-state index contributed by atoms with van der Waals surface area (Å²) < 4.78 is 0. The Bertz CT molecular complexity index is 109. The number of hydrogen-bond acceptors (Lipinski definition) is 3. The average molecular weight is 181 g/mol. The van der Waals surface area contributed by atoms with Crippen LogP contribution in [0.5, 0.6) is 0 Å². The number of hydrogen-bond donors (Lipinski definition) is 3. The van der Waals surface area contributed by atoms with E-state index in [0.29, 0.717) is 0 Å². The van der Waals surface area contributed by atoms with Crippen molar-refractivity contribution in [2.24, 2.45) is 11.8 Å². The summed E-state index contributed by atoms with van der Waals surface area (Å²) in [7, 11) is -3.64. The Morgan fingerprint density at radius 3 is 1.09 bits per heavy atom. The van der Waals surface area contributed by atoms with Crippen LogP contribution in [0, 0.1) is 11.8 Å². The van der Waals surface area contributed by atoms with E-state index in [4.69, 9.17) is 14.7 Å². The third-order valence-corrected chi connectivity index (χ3v) is 3.76. The molecule has 0 aliphatic carbocycles. The molecule has 0 rings (SSSR count). The lowest BCUT2D eigenvalue weighted by Gasteiger charge is -2.23. The van der Waals surface area contributed by atoms with E-state index in [9.17, 15) is 0 Å². The van der Waals surface area contributed by atoms with Gasteiger partial charge in [0.15, 0.2) is 5.66 Å². The maximum Gasteiger partial charge on any atom is 0.407 e. The van der Waals surface area contributed by atoms with Crippen LogP contribution >= 0.6 is 7.94 Å². The van der Waals surface area contributed by atoms with Gasteiger partial charge in [0.1, 0.15) is 0 Å². The van der Waals surface area contributed by atoms with E-state index in [-0.39, 0.29) is 17.5 Å². The average Bonchev–Trinajstić information content (AvgIpc) is 1.54. The van der Waals surface area contributed by atoms with Crippen LogP contribution in [-0.4, -0.2) is 20.3 Å². The fourth-order valence-corrected chi connectivity index (χ4v) is 3.17. The van der Waals surface area contributed by atoms with Crippen molar-refractivity contribution in [1.29, 1.82) is 0 Å². The van der Waals surface area contributed by atoms with Crippen LogP contribution in [0.2, 0.25) is 0 Å². The van der Waals surface area contributed by atoms with E-state index < -0.39 is 7.94 Å². The molecule has 3 N–H and O–H groups in total. The van der Waals surface area contributed by atoms with Crippen molar-refractivity contribution in [3.63, 3.8) is 0 Å². The summed E-state index contributed by atoms with van der Waals surface area (Å²) in [5.41, 5.74) is -0.387. The minimum absolute atomic E-state index is 0.100. The molecule has 0 atom stereocenters. The first-order chi connectivity index (χ1) is 4.76. The van der Waals surface area contributed by atoms with E-state index in [1.54, 1.807) is 0 Å². The lowest BCUT2D eigenvalue weighted by atomic mass is 10.00. The molecule has 0 fully saturated rings. The zero-order valence-corrected chi connectivity index (χ0v) is 8.42. The summed E-state index contributed by atoms with van der Waals surface area (Å²) >= 11 is 0. The quantitative estimate of drug-likeness (QED) is 0.577. The standard InChI is InChI=1S/C7H18O3P/c1-5(2)7(6(3)4)11(8,9)10/h5-10H,1-4H3/q+1. The summed E-state index contributed by atoms with van der Waals surface area (Å²) in [6.07, 6.45) is 0. The largest absolute Gasteiger partial charge is 0.407 e. The zero-order valence-electron chi connectivity index (χ0n) is 7.52. The maximum absolute atomic E-state index is 9.04. The molecule has 0 aromatic heterocycles. The fourth-order valence-electron chi connectivity index (χ4n) is 1.57. The molecule has 68 valence electrons. The number of rotatable bonds is 3. The van der Waals surface area contributed by atoms with Gasteiger partial charge in [-0.1, -0.05) is 27.7 Å². The summed E-state index contributed by atoms with van der Waals surface area (Å²) in [5.74, 6) is 0.201. The molecule has 0 heterocycles. The van der Waals surface area contributed by atoms with Crippen LogP contribution in [0.1, 0.15) is 27.7 Å². The molecule has 3 nitrogen and oxygen atoms in total. The molecule has 0 saturated carbocycles. The molecule has 0 aromatic rings. The van der Waals surface area contributed by atoms with Crippen LogP contribution in [-0.2, 0) is 0 Å². The van der Waals surface area contributed by atoms with Gasteiger partial charge < -0.3 is 0 Å². The Balaban J connectivity index is 4.35. The highest BCUT2D eigenvalue weighted by atomic mass is 31.2. The van der Waals surface area contributed by atoms with Gasteiger partial charge >= 0.3 is 7.94 Å². The smallest absolute Gasteiger partial charge is 0.193 e. The van der Waals surface area contributed by atoms with Crippen molar-refractivity contribution in [3.8, 4) is 0 Å². The van der Waals surface area contributed by atoms with Gasteiger partial charge in [0.05, 0.1) is 0 Å².